The van der Waals surface area contributed by atoms with Crippen molar-refractivity contribution in [2.24, 2.45) is 0 Å². The van der Waals surface area contributed by atoms with Gasteiger partial charge in [0.25, 0.3) is 11.7 Å². The summed E-state index contributed by atoms with van der Waals surface area (Å²) in [4.78, 5) is 27.9. The first kappa shape index (κ1) is 20.6. The highest BCUT2D eigenvalue weighted by molar-refractivity contribution is 7.09. The van der Waals surface area contributed by atoms with E-state index < -0.39 is 47.0 Å². The quantitative estimate of drug-likeness (QED) is 0.453. The summed E-state index contributed by atoms with van der Waals surface area (Å²) in [5.74, 6) is -5.49. The summed E-state index contributed by atoms with van der Waals surface area (Å²) < 4.78 is 38.5. The number of amides is 1. The molecule has 1 aromatic carbocycles. The zero-order valence-corrected chi connectivity index (χ0v) is 17.0. The first-order valence-electron chi connectivity index (χ1n) is 9.26. The normalized spacial score (nSPS) is 25.3. The first-order valence-corrected chi connectivity index (χ1v) is 10.1. The third kappa shape index (κ3) is 3.64. The predicted octanol–water partition coefficient (Wildman–Crippen LogP) is 3.43. The van der Waals surface area contributed by atoms with Gasteiger partial charge in [0.05, 0.1) is 24.8 Å². The smallest absolute Gasteiger partial charge is 0.295 e. The number of nitrogens with zero attached hydrogens (tertiary/aromatic N) is 1. The highest BCUT2D eigenvalue weighted by Crippen LogP contribution is 2.37. The zero-order valence-electron chi connectivity index (χ0n) is 16.2. The minimum atomic E-state index is -1.18. The number of carbonyl (C=O) groups is 2. The Morgan fingerprint density at radius 2 is 2.03 bits per heavy atom. The van der Waals surface area contributed by atoms with Crippen molar-refractivity contribution in [3.8, 4) is 0 Å². The molecule has 1 N–H and O–H groups in total. The number of halogens is 2. The molecule has 4 rings (SSSR count). The van der Waals surface area contributed by atoms with Crippen LogP contribution in [0.25, 0.3) is 5.76 Å². The van der Waals surface area contributed by atoms with E-state index in [4.69, 9.17) is 9.47 Å². The van der Waals surface area contributed by atoms with Crippen LogP contribution >= 0.6 is 11.3 Å². The molecule has 2 aliphatic heterocycles. The number of Topliss-reactive ketones (excluding diaryl/α,β-unsaturated/α-hetero) is 1. The third-order valence-corrected chi connectivity index (χ3v) is 5.93. The molecular weight excluding hydrogens is 416 g/mol. The van der Waals surface area contributed by atoms with Crippen LogP contribution in [0.2, 0.25) is 0 Å². The van der Waals surface area contributed by atoms with E-state index in [1.54, 1.807) is 13.8 Å². The molecule has 3 heterocycles. The van der Waals surface area contributed by atoms with Crippen molar-refractivity contribution in [3.63, 3.8) is 0 Å². The van der Waals surface area contributed by atoms with Gasteiger partial charge >= 0.3 is 0 Å². The molecule has 0 spiro atoms. The van der Waals surface area contributed by atoms with Gasteiger partial charge in [-0.25, -0.2) is 8.78 Å². The lowest BCUT2D eigenvalue weighted by Gasteiger charge is -2.29. The van der Waals surface area contributed by atoms with Crippen LogP contribution in [0, 0.1) is 11.6 Å². The number of hydrogen-bond donors (Lipinski definition) is 1. The summed E-state index contributed by atoms with van der Waals surface area (Å²) in [5.41, 5.74) is -0.319. The van der Waals surface area contributed by atoms with Crippen LogP contribution in [0.1, 0.15) is 24.3 Å². The number of aliphatic hydroxyl groups excluding tert-OH is 1. The highest BCUT2D eigenvalue weighted by atomic mass is 32.1. The van der Waals surface area contributed by atoms with Gasteiger partial charge in [-0.15, -0.1) is 11.3 Å². The molecule has 0 radical (unpaired) electrons. The standard InChI is InChI=1S/C21H19F2NO5S/c1-21(2)28-10-15(29-21)17-16(18(25)11-5-6-13(22)14(23)8-11)19(26)20(27)24(17)9-12-4-3-7-30-12/h3-8,15,17,25H,9-10H2,1-2H3/b18-16+. The second kappa shape index (κ2) is 7.57. The molecule has 0 saturated carbocycles. The van der Waals surface area contributed by atoms with E-state index in [0.717, 1.165) is 23.1 Å². The molecule has 0 aliphatic carbocycles. The summed E-state index contributed by atoms with van der Waals surface area (Å²) in [5, 5.41) is 12.7. The van der Waals surface area contributed by atoms with E-state index >= 15 is 0 Å². The van der Waals surface area contributed by atoms with Crippen LogP contribution < -0.4 is 0 Å². The van der Waals surface area contributed by atoms with Gasteiger partial charge < -0.3 is 19.5 Å². The van der Waals surface area contributed by atoms with Crippen molar-refractivity contribution in [2.45, 2.75) is 38.3 Å². The number of hydrogen-bond acceptors (Lipinski definition) is 6. The number of ketones is 1. The number of likely N-dealkylation sites (tertiary alicyclic amines) is 1. The Balaban J connectivity index is 1.81. The summed E-state index contributed by atoms with van der Waals surface area (Å²) in [6.45, 7) is 3.64. The van der Waals surface area contributed by atoms with Gasteiger partial charge in [-0.05, 0) is 43.5 Å². The minimum absolute atomic E-state index is 0.0910. The number of benzene rings is 1. The first-order chi connectivity index (χ1) is 14.2. The molecule has 9 heteroatoms. The second-order valence-corrected chi connectivity index (χ2v) is 8.58. The average Bonchev–Trinajstić information content (AvgIpc) is 3.39. The van der Waals surface area contributed by atoms with Crippen molar-refractivity contribution in [2.75, 3.05) is 6.61 Å². The van der Waals surface area contributed by atoms with E-state index in [1.165, 1.54) is 16.2 Å². The van der Waals surface area contributed by atoms with Crippen LogP contribution in [-0.4, -0.2) is 46.2 Å². The van der Waals surface area contributed by atoms with Gasteiger partial charge in [-0.3, -0.25) is 9.59 Å². The van der Waals surface area contributed by atoms with Crippen molar-refractivity contribution in [3.05, 3.63) is 63.4 Å². The molecule has 0 bridgehead atoms. The van der Waals surface area contributed by atoms with E-state index in [9.17, 15) is 23.5 Å². The van der Waals surface area contributed by atoms with Gasteiger partial charge in [0.1, 0.15) is 11.9 Å². The fraction of sp³-hybridized carbons (Fsp3) is 0.333. The van der Waals surface area contributed by atoms with Gasteiger partial charge in [-0.2, -0.15) is 0 Å². The number of carbonyl (C=O) groups excluding carboxylic acids is 2. The summed E-state index contributed by atoms with van der Waals surface area (Å²) >= 11 is 1.42. The Bertz CT molecular complexity index is 1030. The Morgan fingerprint density at radius 3 is 2.63 bits per heavy atom. The number of rotatable bonds is 4. The van der Waals surface area contributed by atoms with Crippen LogP contribution in [0.5, 0.6) is 0 Å². The lowest BCUT2D eigenvalue weighted by Crippen LogP contribution is -2.43. The fourth-order valence-corrected chi connectivity index (χ4v) is 4.41. The molecular formula is C21H19F2NO5S. The number of thiophene rings is 1. The van der Waals surface area contributed by atoms with Crippen molar-refractivity contribution >= 4 is 28.8 Å². The Hall–Kier alpha value is -2.62. The molecule has 2 saturated heterocycles. The van der Waals surface area contributed by atoms with Crippen LogP contribution in [0.15, 0.2) is 41.3 Å². The molecule has 2 fully saturated rings. The fourth-order valence-electron chi connectivity index (χ4n) is 3.71. The van der Waals surface area contributed by atoms with E-state index in [-0.39, 0.29) is 24.3 Å². The van der Waals surface area contributed by atoms with Crippen molar-refractivity contribution in [1.82, 2.24) is 4.90 Å². The average molecular weight is 435 g/mol. The van der Waals surface area contributed by atoms with E-state index in [2.05, 4.69) is 0 Å². The monoisotopic (exact) mass is 435 g/mol. The van der Waals surface area contributed by atoms with Crippen molar-refractivity contribution < 1.29 is 33.0 Å². The Kier molecular flexibility index (Phi) is 5.21. The van der Waals surface area contributed by atoms with E-state index in [1.807, 2.05) is 17.5 Å². The second-order valence-electron chi connectivity index (χ2n) is 7.54. The van der Waals surface area contributed by atoms with Crippen LogP contribution in [0.3, 0.4) is 0 Å². The van der Waals surface area contributed by atoms with Crippen LogP contribution in [-0.2, 0) is 25.6 Å². The van der Waals surface area contributed by atoms with Crippen LogP contribution in [0.4, 0.5) is 8.78 Å². The third-order valence-electron chi connectivity index (χ3n) is 5.07. The molecule has 2 unspecified atom stereocenters. The number of ether oxygens (including phenoxy) is 2. The molecule has 1 amide bonds. The maximum absolute atomic E-state index is 13.7. The topological polar surface area (TPSA) is 76.1 Å². The zero-order chi connectivity index (χ0) is 21.6. The highest BCUT2D eigenvalue weighted by Gasteiger charge is 2.52. The Morgan fingerprint density at radius 1 is 1.27 bits per heavy atom. The Labute approximate surface area is 175 Å². The van der Waals surface area contributed by atoms with Gasteiger partial charge in [0, 0.05) is 10.4 Å². The van der Waals surface area contributed by atoms with Crippen molar-refractivity contribution in [1.29, 1.82) is 0 Å². The summed E-state index contributed by atoms with van der Waals surface area (Å²) in [7, 11) is 0. The maximum atomic E-state index is 13.7. The molecule has 2 aliphatic rings. The minimum Gasteiger partial charge on any atom is -0.507 e. The largest absolute Gasteiger partial charge is 0.507 e. The van der Waals surface area contributed by atoms with Gasteiger partial charge in [0.2, 0.25) is 0 Å². The maximum Gasteiger partial charge on any atom is 0.295 e. The lowest BCUT2D eigenvalue weighted by molar-refractivity contribution is -0.149. The molecule has 2 atom stereocenters. The molecule has 1 aromatic heterocycles. The summed E-state index contributed by atoms with van der Waals surface area (Å²) in [6, 6.07) is 5.48. The lowest BCUT2D eigenvalue weighted by atomic mass is 9.97. The van der Waals surface area contributed by atoms with E-state index in [0.29, 0.717) is 0 Å². The SMILES string of the molecule is CC1(C)OCC(C2/C(=C(\O)c3ccc(F)c(F)c3)C(=O)C(=O)N2Cc2cccs2)O1. The molecule has 2 aromatic rings. The molecule has 30 heavy (non-hydrogen) atoms. The molecule has 6 nitrogen and oxygen atoms in total. The molecule has 158 valence electrons. The van der Waals surface area contributed by atoms with Gasteiger partial charge in [0.15, 0.2) is 17.4 Å². The summed E-state index contributed by atoms with van der Waals surface area (Å²) in [6.07, 6.45) is -0.724. The predicted molar refractivity (Wildman–Crippen MR) is 104 cm³/mol. The number of aliphatic hydroxyl groups is 1. The van der Waals surface area contributed by atoms with Gasteiger partial charge in [-0.1, -0.05) is 6.07 Å².